The number of hydrogen-bond donors (Lipinski definition) is 1. The van der Waals surface area contributed by atoms with E-state index in [0.717, 1.165) is 44.0 Å². The maximum atomic E-state index is 13.4. The van der Waals surface area contributed by atoms with Crippen LogP contribution in [-0.4, -0.2) is 81.3 Å². The molecule has 1 atom stereocenters. The molecule has 1 heterocycles. The van der Waals surface area contributed by atoms with Crippen molar-refractivity contribution < 1.29 is 23.8 Å². The molecule has 0 radical (unpaired) electrons. The first kappa shape index (κ1) is 25.5. The second-order valence-corrected chi connectivity index (χ2v) is 8.29. The fourth-order valence-corrected chi connectivity index (χ4v) is 3.94. The molecule has 1 fully saturated rings. The van der Waals surface area contributed by atoms with E-state index >= 15 is 0 Å². The molecule has 1 saturated heterocycles. The first-order chi connectivity index (χ1) is 16.5. The summed E-state index contributed by atoms with van der Waals surface area (Å²) < 4.78 is 16.0. The van der Waals surface area contributed by atoms with Crippen LogP contribution in [0, 0.1) is 0 Å². The van der Waals surface area contributed by atoms with Gasteiger partial charge in [0.2, 0.25) is 11.8 Å². The number of amides is 2. The smallest absolute Gasteiger partial charge is 0.242 e. The van der Waals surface area contributed by atoms with Crippen molar-refractivity contribution in [1.29, 1.82) is 0 Å². The summed E-state index contributed by atoms with van der Waals surface area (Å²) >= 11 is 0. The zero-order chi connectivity index (χ0) is 24.3. The Morgan fingerprint density at radius 2 is 1.74 bits per heavy atom. The summed E-state index contributed by atoms with van der Waals surface area (Å²) in [5.41, 5.74) is 1.76. The molecule has 8 heteroatoms. The van der Waals surface area contributed by atoms with Gasteiger partial charge in [0, 0.05) is 32.7 Å². The van der Waals surface area contributed by atoms with Gasteiger partial charge in [-0.2, -0.15) is 0 Å². The van der Waals surface area contributed by atoms with Crippen LogP contribution in [0.25, 0.3) is 0 Å². The van der Waals surface area contributed by atoms with Crippen LogP contribution >= 0.6 is 0 Å². The first-order valence-corrected chi connectivity index (χ1v) is 11.6. The predicted octanol–water partition coefficient (Wildman–Crippen LogP) is 2.11. The summed E-state index contributed by atoms with van der Waals surface area (Å²) in [6, 6.07) is 14.5. The van der Waals surface area contributed by atoms with Crippen LogP contribution < -0.4 is 14.8 Å². The van der Waals surface area contributed by atoms with Gasteiger partial charge in [-0.05, 0) is 30.2 Å². The third-order valence-electron chi connectivity index (χ3n) is 6.00. The summed E-state index contributed by atoms with van der Waals surface area (Å²) in [6.45, 7) is 6.61. The maximum Gasteiger partial charge on any atom is 0.242 e. The number of carbonyl (C=O) groups excluding carboxylic acids is 2. The Bertz CT molecular complexity index is 931. The van der Waals surface area contributed by atoms with Crippen molar-refractivity contribution in [3.8, 4) is 11.5 Å². The van der Waals surface area contributed by atoms with E-state index < -0.39 is 6.04 Å². The summed E-state index contributed by atoms with van der Waals surface area (Å²) in [4.78, 5) is 30.3. The van der Waals surface area contributed by atoms with Crippen LogP contribution in [0.2, 0.25) is 0 Å². The molecule has 2 amide bonds. The van der Waals surface area contributed by atoms with Crippen LogP contribution in [0.15, 0.2) is 48.5 Å². The van der Waals surface area contributed by atoms with Crippen molar-refractivity contribution in [2.45, 2.75) is 25.9 Å². The topological polar surface area (TPSA) is 80.3 Å². The van der Waals surface area contributed by atoms with Crippen molar-refractivity contribution in [3.63, 3.8) is 0 Å². The van der Waals surface area contributed by atoms with Gasteiger partial charge in [0.25, 0.3) is 0 Å². The lowest BCUT2D eigenvalue weighted by atomic mass is 10.1. The normalized spacial score (nSPS) is 14.8. The van der Waals surface area contributed by atoms with Crippen LogP contribution in [-0.2, 0) is 27.3 Å². The third-order valence-corrected chi connectivity index (χ3v) is 6.00. The van der Waals surface area contributed by atoms with Crippen molar-refractivity contribution in [1.82, 2.24) is 15.1 Å². The van der Waals surface area contributed by atoms with Crippen molar-refractivity contribution in [2.75, 3.05) is 53.6 Å². The molecule has 0 aliphatic carbocycles. The van der Waals surface area contributed by atoms with Crippen molar-refractivity contribution in [2.24, 2.45) is 0 Å². The Kier molecular flexibility index (Phi) is 9.73. The van der Waals surface area contributed by atoms with E-state index in [0.29, 0.717) is 24.6 Å². The number of benzene rings is 2. The number of methoxy groups -OCH3 is 2. The fraction of sp³-hybridized carbons (Fsp3) is 0.462. The van der Waals surface area contributed by atoms with E-state index in [1.807, 2.05) is 36.4 Å². The number of nitrogens with zero attached hydrogens (tertiary/aromatic N) is 2. The molecule has 34 heavy (non-hydrogen) atoms. The largest absolute Gasteiger partial charge is 0.493 e. The van der Waals surface area contributed by atoms with Gasteiger partial charge in [-0.25, -0.2) is 0 Å². The van der Waals surface area contributed by atoms with Crippen LogP contribution in [0.4, 0.5) is 0 Å². The fourth-order valence-electron chi connectivity index (χ4n) is 3.94. The molecule has 0 spiro atoms. The third kappa shape index (κ3) is 7.20. The molecule has 0 bridgehead atoms. The van der Waals surface area contributed by atoms with Gasteiger partial charge in [-0.15, -0.1) is 0 Å². The minimum atomic E-state index is -0.613. The Hall–Kier alpha value is -3.10. The zero-order valence-corrected chi connectivity index (χ0v) is 20.3. The number of morpholine rings is 1. The van der Waals surface area contributed by atoms with Gasteiger partial charge in [0.05, 0.1) is 33.9 Å². The van der Waals surface area contributed by atoms with Gasteiger partial charge in [0.1, 0.15) is 6.04 Å². The van der Waals surface area contributed by atoms with Crippen LogP contribution in [0.5, 0.6) is 11.5 Å². The lowest BCUT2D eigenvalue weighted by Crippen LogP contribution is -2.49. The average molecular weight is 470 g/mol. The Morgan fingerprint density at radius 3 is 2.41 bits per heavy atom. The van der Waals surface area contributed by atoms with E-state index in [2.05, 4.69) is 10.2 Å². The van der Waals surface area contributed by atoms with Gasteiger partial charge < -0.3 is 24.4 Å². The van der Waals surface area contributed by atoms with E-state index in [-0.39, 0.29) is 18.2 Å². The molecule has 1 aliphatic rings. The second kappa shape index (κ2) is 13.0. The maximum absolute atomic E-state index is 13.4. The summed E-state index contributed by atoms with van der Waals surface area (Å²) in [6.07, 6.45) is 0.151. The molecule has 8 nitrogen and oxygen atoms in total. The van der Waals surface area contributed by atoms with Crippen LogP contribution in [0.1, 0.15) is 18.1 Å². The summed E-state index contributed by atoms with van der Waals surface area (Å²) in [7, 11) is 3.14. The molecule has 0 aromatic heterocycles. The van der Waals surface area contributed by atoms with Gasteiger partial charge >= 0.3 is 0 Å². The lowest BCUT2D eigenvalue weighted by Gasteiger charge is -2.30. The highest BCUT2D eigenvalue weighted by atomic mass is 16.5. The molecule has 1 N–H and O–H groups in total. The zero-order valence-electron chi connectivity index (χ0n) is 20.3. The minimum absolute atomic E-state index is 0.132. The highest BCUT2D eigenvalue weighted by Crippen LogP contribution is 2.28. The van der Waals surface area contributed by atoms with Crippen molar-refractivity contribution in [3.05, 3.63) is 59.7 Å². The molecule has 0 unspecified atom stereocenters. The minimum Gasteiger partial charge on any atom is -0.493 e. The monoisotopic (exact) mass is 469 g/mol. The molecule has 184 valence electrons. The summed E-state index contributed by atoms with van der Waals surface area (Å²) in [5, 5.41) is 3.00. The Morgan fingerprint density at radius 1 is 1.03 bits per heavy atom. The molecular weight excluding hydrogens is 434 g/mol. The second-order valence-electron chi connectivity index (χ2n) is 8.29. The van der Waals surface area contributed by atoms with E-state index in [4.69, 9.17) is 14.2 Å². The molecular formula is C26H35N3O5. The molecule has 2 aromatic carbocycles. The number of carbonyl (C=O) groups is 2. The highest BCUT2D eigenvalue weighted by molar-refractivity contribution is 5.88. The van der Waals surface area contributed by atoms with Gasteiger partial charge in [-0.3, -0.25) is 14.5 Å². The van der Waals surface area contributed by atoms with E-state index in [1.54, 1.807) is 38.2 Å². The van der Waals surface area contributed by atoms with Crippen LogP contribution in [0.3, 0.4) is 0 Å². The number of hydrogen-bond acceptors (Lipinski definition) is 6. The predicted molar refractivity (Wildman–Crippen MR) is 130 cm³/mol. The van der Waals surface area contributed by atoms with Gasteiger partial charge in [-0.1, -0.05) is 36.4 Å². The molecule has 2 aromatic rings. The van der Waals surface area contributed by atoms with E-state index in [1.165, 1.54) is 0 Å². The van der Waals surface area contributed by atoms with Gasteiger partial charge in [0.15, 0.2) is 11.5 Å². The Balaban J connectivity index is 1.68. The SMILES string of the molecule is COc1ccc(CC(=O)N(Cc2ccccc2)[C@@H](C)C(=O)NCCN2CCOCC2)cc1OC. The quantitative estimate of drug-likeness (QED) is 0.543. The lowest BCUT2D eigenvalue weighted by molar-refractivity contribution is -0.140. The molecule has 0 saturated carbocycles. The van der Waals surface area contributed by atoms with Crippen molar-refractivity contribution >= 4 is 11.8 Å². The molecule has 1 aliphatic heterocycles. The summed E-state index contributed by atoms with van der Waals surface area (Å²) in [5.74, 6) is 0.876. The number of ether oxygens (including phenoxy) is 3. The number of rotatable bonds is 11. The standard InChI is InChI=1S/C26H35N3O5/c1-20(26(31)27-11-12-28-13-15-34-16-14-28)29(19-21-7-5-4-6-8-21)25(30)18-22-9-10-23(32-2)24(17-22)33-3/h4-10,17,20H,11-16,18-19H2,1-3H3,(H,27,31)/t20-/m0/s1. The molecule has 3 rings (SSSR count). The average Bonchev–Trinajstić information content (AvgIpc) is 2.87. The number of nitrogens with one attached hydrogen (secondary N) is 1. The highest BCUT2D eigenvalue weighted by Gasteiger charge is 2.26. The van der Waals surface area contributed by atoms with E-state index in [9.17, 15) is 9.59 Å². The first-order valence-electron chi connectivity index (χ1n) is 11.6. The Labute approximate surface area is 201 Å².